The van der Waals surface area contributed by atoms with Crippen LogP contribution in [-0.4, -0.2) is 45.4 Å². The van der Waals surface area contributed by atoms with E-state index in [1.807, 2.05) is 0 Å². The third kappa shape index (κ3) is 3.34. The molecule has 0 bridgehead atoms. The number of carbonyl (C=O) groups excluding carboxylic acids is 1. The van der Waals surface area contributed by atoms with Gasteiger partial charge in [-0.05, 0) is 0 Å². The molecule has 0 atom stereocenters. The summed E-state index contributed by atoms with van der Waals surface area (Å²) in [5, 5.41) is 8.45. The van der Waals surface area contributed by atoms with Gasteiger partial charge in [0.05, 0.1) is 12.6 Å². The first-order valence-corrected chi connectivity index (χ1v) is 4.34. The van der Waals surface area contributed by atoms with Gasteiger partial charge in [0.15, 0.2) is 0 Å². The predicted molar refractivity (Wildman–Crippen MR) is 51.2 cm³/mol. The zero-order chi connectivity index (χ0) is 11.3. The molecule has 80 valence electrons. The number of aromatic nitrogens is 2. The van der Waals surface area contributed by atoms with Crippen LogP contribution in [0.25, 0.3) is 0 Å². The minimum absolute atomic E-state index is 0.0809. The van der Waals surface area contributed by atoms with Crippen molar-refractivity contribution >= 4 is 11.9 Å². The van der Waals surface area contributed by atoms with Crippen molar-refractivity contribution in [2.24, 2.45) is 0 Å². The van der Waals surface area contributed by atoms with E-state index in [4.69, 9.17) is 5.11 Å². The number of rotatable bonds is 4. The lowest BCUT2D eigenvalue weighted by atomic mass is 10.3. The number of carbonyl (C=O) groups is 2. The van der Waals surface area contributed by atoms with Crippen LogP contribution in [0.2, 0.25) is 0 Å². The highest BCUT2D eigenvalue weighted by Crippen LogP contribution is 1.98. The van der Waals surface area contributed by atoms with Crippen molar-refractivity contribution in [3.63, 3.8) is 0 Å². The molecule has 0 aliphatic carbocycles. The van der Waals surface area contributed by atoms with Crippen molar-refractivity contribution in [3.8, 4) is 0 Å². The second-order valence-electron chi connectivity index (χ2n) is 2.96. The van der Waals surface area contributed by atoms with Crippen LogP contribution in [-0.2, 0) is 4.79 Å². The van der Waals surface area contributed by atoms with Gasteiger partial charge in [0.25, 0.3) is 5.91 Å². The quantitative estimate of drug-likeness (QED) is 0.755. The topological polar surface area (TPSA) is 83.4 Å². The Labute approximate surface area is 86.6 Å². The van der Waals surface area contributed by atoms with Crippen LogP contribution in [0.3, 0.4) is 0 Å². The summed E-state index contributed by atoms with van der Waals surface area (Å²) in [4.78, 5) is 30.8. The number of amides is 1. The first-order valence-electron chi connectivity index (χ1n) is 4.34. The molecule has 1 aromatic rings. The summed E-state index contributed by atoms with van der Waals surface area (Å²) in [6.45, 7) is 0.157. The SMILES string of the molecule is CN(CCC(=O)O)C(=O)c1cnccn1. The summed E-state index contributed by atoms with van der Waals surface area (Å²) in [6.07, 6.45) is 4.15. The third-order valence-corrected chi connectivity index (χ3v) is 1.79. The Kier molecular flexibility index (Phi) is 3.73. The number of carboxylic acids is 1. The van der Waals surface area contributed by atoms with Crippen molar-refractivity contribution < 1.29 is 14.7 Å². The fourth-order valence-corrected chi connectivity index (χ4v) is 0.970. The Morgan fingerprint density at radius 3 is 2.73 bits per heavy atom. The van der Waals surface area contributed by atoms with E-state index in [1.54, 1.807) is 0 Å². The molecule has 0 fully saturated rings. The van der Waals surface area contributed by atoms with Crippen molar-refractivity contribution in [1.29, 1.82) is 0 Å². The Morgan fingerprint density at radius 2 is 2.20 bits per heavy atom. The van der Waals surface area contributed by atoms with E-state index >= 15 is 0 Å². The van der Waals surface area contributed by atoms with Gasteiger partial charge in [-0.1, -0.05) is 0 Å². The molecular weight excluding hydrogens is 198 g/mol. The zero-order valence-corrected chi connectivity index (χ0v) is 8.25. The average Bonchev–Trinajstić information content (AvgIpc) is 2.26. The van der Waals surface area contributed by atoms with Gasteiger partial charge in [-0.25, -0.2) is 4.98 Å². The molecule has 1 N–H and O–H groups in total. The van der Waals surface area contributed by atoms with Crippen LogP contribution in [0, 0.1) is 0 Å². The van der Waals surface area contributed by atoms with Crippen LogP contribution in [0.1, 0.15) is 16.9 Å². The van der Waals surface area contributed by atoms with Crippen LogP contribution in [0.4, 0.5) is 0 Å². The Balaban J connectivity index is 2.57. The molecule has 6 heteroatoms. The van der Waals surface area contributed by atoms with Crippen LogP contribution < -0.4 is 0 Å². The lowest BCUT2D eigenvalue weighted by Crippen LogP contribution is -2.29. The largest absolute Gasteiger partial charge is 0.481 e. The van der Waals surface area contributed by atoms with Gasteiger partial charge in [-0.2, -0.15) is 0 Å². The smallest absolute Gasteiger partial charge is 0.305 e. The third-order valence-electron chi connectivity index (χ3n) is 1.79. The molecule has 0 spiro atoms. The van der Waals surface area contributed by atoms with Gasteiger partial charge in [-0.15, -0.1) is 0 Å². The molecule has 1 rings (SSSR count). The highest BCUT2D eigenvalue weighted by Gasteiger charge is 2.13. The number of nitrogens with zero attached hydrogens (tertiary/aromatic N) is 3. The lowest BCUT2D eigenvalue weighted by molar-refractivity contribution is -0.137. The van der Waals surface area contributed by atoms with Gasteiger partial charge in [0, 0.05) is 26.0 Å². The molecule has 15 heavy (non-hydrogen) atoms. The maximum Gasteiger partial charge on any atom is 0.305 e. The molecule has 0 aromatic carbocycles. The van der Waals surface area contributed by atoms with E-state index in [0.29, 0.717) is 0 Å². The molecule has 1 amide bonds. The van der Waals surface area contributed by atoms with Gasteiger partial charge in [0.1, 0.15) is 5.69 Å². The van der Waals surface area contributed by atoms with Gasteiger partial charge in [-0.3, -0.25) is 14.6 Å². The molecular formula is C9H11N3O3. The first kappa shape index (κ1) is 11.1. The van der Waals surface area contributed by atoms with Crippen molar-refractivity contribution in [1.82, 2.24) is 14.9 Å². The highest BCUT2D eigenvalue weighted by atomic mass is 16.4. The molecule has 6 nitrogen and oxygen atoms in total. The Bertz CT molecular complexity index is 353. The number of hydrogen-bond acceptors (Lipinski definition) is 4. The monoisotopic (exact) mass is 209 g/mol. The fourth-order valence-electron chi connectivity index (χ4n) is 0.970. The molecule has 1 heterocycles. The first-order chi connectivity index (χ1) is 7.11. The van der Waals surface area contributed by atoms with E-state index < -0.39 is 5.97 Å². The normalized spacial score (nSPS) is 9.67. The van der Waals surface area contributed by atoms with E-state index in [-0.39, 0.29) is 24.6 Å². The molecule has 0 radical (unpaired) electrons. The maximum atomic E-state index is 11.6. The molecule has 0 saturated heterocycles. The molecule has 0 unspecified atom stereocenters. The second-order valence-corrected chi connectivity index (χ2v) is 2.96. The molecule has 0 aliphatic heterocycles. The average molecular weight is 209 g/mol. The standard InChI is InChI=1S/C9H11N3O3/c1-12(5-2-8(13)14)9(15)7-6-10-3-4-11-7/h3-4,6H,2,5H2,1H3,(H,13,14). The van der Waals surface area contributed by atoms with Crippen LogP contribution >= 0.6 is 0 Å². The van der Waals surface area contributed by atoms with Gasteiger partial charge >= 0.3 is 5.97 Å². The summed E-state index contributed by atoms with van der Waals surface area (Å²) >= 11 is 0. The van der Waals surface area contributed by atoms with E-state index in [9.17, 15) is 9.59 Å². The fraction of sp³-hybridized carbons (Fsp3) is 0.333. The maximum absolute atomic E-state index is 11.6. The van der Waals surface area contributed by atoms with Crippen LogP contribution in [0.15, 0.2) is 18.6 Å². The molecule has 0 aliphatic rings. The summed E-state index contributed by atoms with van der Waals surface area (Å²) in [6, 6.07) is 0. The minimum atomic E-state index is -0.936. The summed E-state index contributed by atoms with van der Waals surface area (Å²) in [5.41, 5.74) is 0.213. The lowest BCUT2D eigenvalue weighted by Gasteiger charge is -2.14. The predicted octanol–water partition coefficient (Wildman–Crippen LogP) is 0.0233. The van der Waals surface area contributed by atoms with E-state index in [2.05, 4.69) is 9.97 Å². The van der Waals surface area contributed by atoms with E-state index in [1.165, 1.54) is 30.5 Å². The second kappa shape index (κ2) is 5.04. The number of hydrogen-bond donors (Lipinski definition) is 1. The van der Waals surface area contributed by atoms with Crippen molar-refractivity contribution in [3.05, 3.63) is 24.3 Å². The number of aliphatic carboxylic acids is 1. The highest BCUT2D eigenvalue weighted by molar-refractivity contribution is 5.91. The number of carboxylic acid groups (broad SMARTS) is 1. The van der Waals surface area contributed by atoms with Crippen molar-refractivity contribution in [2.75, 3.05) is 13.6 Å². The van der Waals surface area contributed by atoms with Crippen LogP contribution in [0.5, 0.6) is 0 Å². The van der Waals surface area contributed by atoms with Crippen molar-refractivity contribution in [2.45, 2.75) is 6.42 Å². The Morgan fingerprint density at radius 1 is 1.47 bits per heavy atom. The zero-order valence-electron chi connectivity index (χ0n) is 8.25. The molecule has 0 saturated carbocycles. The molecule has 1 aromatic heterocycles. The minimum Gasteiger partial charge on any atom is -0.481 e. The Hall–Kier alpha value is -1.98. The van der Waals surface area contributed by atoms with E-state index in [0.717, 1.165) is 0 Å². The summed E-state index contributed by atoms with van der Waals surface area (Å²) in [5.74, 6) is -1.27. The summed E-state index contributed by atoms with van der Waals surface area (Å²) in [7, 11) is 1.53. The van der Waals surface area contributed by atoms with Gasteiger partial charge in [0.2, 0.25) is 0 Å². The van der Waals surface area contributed by atoms with Gasteiger partial charge < -0.3 is 10.0 Å². The summed E-state index contributed by atoms with van der Waals surface area (Å²) < 4.78 is 0.